The van der Waals surface area contributed by atoms with Gasteiger partial charge in [0.25, 0.3) is 0 Å². The standard InChI is InChI=1S/C22H26O8/c1-5-9-29-20(25)18-15(24)12-22(3,27)19(21(26)30-10-6-2)17(18)13-7-8-14(23)16(11-13)28-4/h5-8,11,17-19,23,27H,1-2,9-10,12H2,3-4H3/t17-,18+,19-,22-/m0/s1. The molecule has 0 spiro atoms. The Kier molecular flexibility index (Phi) is 7.39. The van der Waals surface area contributed by atoms with E-state index in [9.17, 15) is 24.6 Å². The molecule has 162 valence electrons. The first-order valence-corrected chi connectivity index (χ1v) is 9.35. The molecule has 0 heterocycles. The summed E-state index contributed by atoms with van der Waals surface area (Å²) in [5.74, 6) is -6.00. The number of Topliss-reactive ketones (excluding diaryl/α,β-unsaturated/α-hetero) is 1. The molecule has 8 nitrogen and oxygen atoms in total. The lowest BCUT2D eigenvalue weighted by molar-refractivity contribution is -0.172. The molecule has 0 amide bonds. The summed E-state index contributed by atoms with van der Waals surface area (Å²) in [7, 11) is 1.34. The summed E-state index contributed by atoms with van der Waals surface area (Å²) in [4.78, 5) is 38.5. The molecule has 30 heavy (non-hydrogen) atoms. The van der Waals surface area contributed by atoms with E-state index in [1.807, 2.05) is 0 Å². The molecule has 0 aliphatic heterocycles. The lowest BCUT2D eigenvalue weighted by Crippen LogP contribution is -2.55. The van der Waals surface area contributed by atoms with E-state index in [-0.39, 0.29) is 24.7 Å². The molecule has 2 rings (SSSR count). The van der Waals surface area contributed by atoms with E-state index in [2.05, 4.69) is 13.2 Å². The zero-order valence-electron chi connectivity index (χ0n) is 17.0. The average molecular weight is 418 g/mol. The SMILES string of the molecule is C=CCOC(=O)[C@@H]1C(=O)C[C@](C)(O)[C@H](C(=O)OCC=C)[C@H]1c1ccc(O)c(OC)c1. The summed E-state index contributed by atoms with van der Waals surface area (Å²) in [5.41, 5.74) is -1.44. The molecule has 0 saturated heterocycles. The highest BCUT2D eigenvalue weighted by atomic mass is 16.5. The van der Waals surface area contributed by atoms with Crippen molar-refractivity contribution in [3.05, 3.63) is 49.1 Å². The van der Waals surface area contributed by atoms with Crippen LogP contribution in [0.4, 0.5) is 0 Å². The molecule has 0 bridgehead atoms. The first-order chi connectivity index (χ1) is 14.2. The third kappa shape index (κ3) is 4.71. The van der Waals surface area contributed by atoms with Crippen molar-refractivity contribution < 1.29 is 38.8 Å². The lowest BCUT2D eigenvalue weighted by atomic mass is 9.61. The highest BCUT2D eigenvalue weighted by molar-refractivity contribution is 6.02. The maximum absolute atomic E-state index is 12.9. The molecule has 1 fully saturated rings. The van der Waals surface area contributed by atoms with Crippen LogP contribution < -0.4 is 4.74 Å². The molecule has 1 saturated carbocycles. The van der Waals surface area contributed by atoms with Crippen LogP contribution in [0.25, 0.3) is 0 Å². The van der Waals surface area contributed by atoms with Crippen LogP contribution in [0.5, 0.6) is 11.5 Å². The molecule has 1 aliphatic rings. The quantitative estimate of drug-likeness (QED) is 0.373. The van der Waals surface area contributed by atoms with Gasteiger partial charge in [-0.3, -0.25) is 14.4 Å². The lowest BCUT2D eigenvalue weighted by Gasteiger charge is -2.43. The normalized spacial score (nSPS) is 25.8. The Bertz CT molecular complexity index is 842. The number of phenolic OH excluding ortho intramolecular Hbond substituents is 1. The molecular formula is C22H26O8. The van der Waals surface area contributed by atoms with E-state index in [1.165, 1.54) is 44.4 Å². The molecule has 2 N–H and O–H groups in total. The minimum Gasteiger partial charge on any atom is -0.504 e. The van der Waals surface area contributed by atoms with Crippen molar-refractivity contribution in [1.82, 2.24) is 0 Å². The molecule has 0 aromatic heterocycles. The zero-order chi connectivity index (χ0) is 22.5. The van der Waals surface area contributed by atoms with Gasteiger partial charge in [-0.15, -0.1) is 0 Å². The number of aliphatic hydroxyl groups is 1. The first kappa shape index (κ1) is 23.2. The number of aromatic hydroxyl groups is 1. The fourth-order valence-corrected chi connectivity index (χ4v) is 3.78. The van der Waals surface area contributed by atoms with Crippen molar-refractivity contribution in [3.8, 4) is 11.5 Å². The Morgan fingerprint density at radius 3 is 2.37 bits per heavy atom. The summed E-state index contributed by atoms with van der Waals surface area (Å²) >= 11 is 0. The summed E-state index contributed by atoms with van der Waals surface area (Å²) in [5, 5.41) is 20.9. The van der Waals surface area contributed by atoms with Gasteiger partial charge < -0.3 is 24.4 Å². The third-order valence-electron chi connectivity index (χ3n) is 5.05. The van der Waals surface area contributed by atoms with Crippen LogP contribution in [-0.4, -0.2) is 53.9 Å². The van der Waals surface area contributed by atoms with E-state index < -0.39 is 47.5 Å². The van der Waals surface area contributed by atoms with Crippen molar-refractivity contribution in [2.75, 3.05) is 20.3 Å². The molecule has 0 radical (unpaired) electrons. The van der Waals surface area contributed by atoms with Gasteiger partial charge in [0.1, 0.15) is 19.1 Å². The van der Waals surface area contributed by atoms with Gasteiger partial charge in [0.2, 0.25) is 0 Å². The maximum Gasteiger partial charge on any atom is 0.317 e. The number of phenols is 1. The number of ketones is 1. The molecule has 8 heteroatoms. The van der Waals surface area contributed by atoms with Crippen molar-refractivity contribution in [3.63, 3.8) is 0 Å². The van der Waals surface area contributed by atoms with Crippen LogP contribution in [0.1, 0.15) is 24.8 Å². The van der Waals surface area contributed by atoms with Crippen LogP contribution in [0.2, 0.25) is 0 Å². The monoisotopic (exact) mass is 418 g/mol. The number of rotatable bonds is 8. The summed E-state index contributed by atoms with van der Waals surface area (Å²) in [6.07, 6.45) is 2.30. The highest BCUT2D eigenvalue weighted by Gasteiger charge is 2.57. The molecular weight excluding hydrogens is 392 g/mol. The Hall–Kier alpha value is -3.13. The summed E-state index contributed by atoms with van der Waals surface area (Å²) in [6, 6.07) is 4.19. The average Bonchev–Trinajstić information content (AvgIpc) is 2.69. The summed E-state index contributed by atoms with van der Waals surface area (Å²) < 4.78 is 15.4. The van der Waals surface area contributed by atoms with E-state index in [0.29, 0.717) is 5.56 Å². The number of esters is 2. The number of hydrogen-bond acceptors (Lipinski definition) is 8. The molecule has 1 aromatic rings. The van der Waals surface area contributed by atoms with Crippen LogP contribution in [0.3, 0.4) is 0 Å². The van der Waals surface area contributed by atoms with Crippen LogP contribution in [0, 0.1) is 11.8 Å². The smallest absolute Gasteiger partial charge is 0.317 e. The molecule has 4 atom stereocenters. The minimum absolute atomic E-state index is 0.0848. The zero-order valence-corrected chi connectivity index (χ0v) is 17.0. The number of carbonyl (C=O) groups excluding carboxylic acids is 3. The van der Waals surface area contributed by atoms with Crippen molar-refractivity contribution in [1.29, 1.82) is 0 Å². The van der Waals surface area contributed by atoms with Gasteiger partial charge >= 0.3 is 11.9 Å². The van der Waals surface area contributed by atoms with Gasteiger partial charge in [-0.1, -0.05) is 31.4 Å². The second-order valence-corrected chi connectivity index (χ2v) is 7.25. The highest BCUT2D eigenvalue weighted by Crippen LogP contribution is 2.48. The van der Waals surface area contributed by atoms with Crippen molar-refractivity contribution in [2.24, 2.45) is 11.8 Å². The first-order valence-electron chi connectivity index (χ1n) is 9.35. The largest absolute Gasteiger partial charge is 0.504 e. The number of hydrogen-bond donors (Lipinski definition) is 2. The van der Waals surface area contributed by atoms with Gasteiger partial charge in [0.15, 0.2) is 17.3 Å². The second-order valence-electron chi connectivity index (χ2n) is 7.25. The van der Waals surface area contributed by atoms with Gasteiger partial charge in [-0.25, -0.2) is 0 Å². The molecule has 1 aromatic carbocycles. The maximum atomic E-state index is 12.9. The molecule has 1 aliphatic carbocycles. The Morgan fingerprint density at radius 2 is 1.80 bits per heavy atom. The Morgan fingerprint density at radius 1 is 1.20 bits per heavy atom. The van der Waals surface area contributed by atoms with Gasteiger partial charge in [-0.05, 0) is 24.6 Å². The summed E-state index contributed by atoms with van der Waals surface area (Å²) in [6.45, 7) is 8.10. The molecule has 0 unspecified atom stereocenters. The van der Waals surface area contributed by atoms with E-state index >= 15 is 0 Å². The Labute approximate surface area is 174 Å². The second kappa shape index (κ2) is 9.58. The van der Waals surface area contributed by atoms with E-state index in [4.69, 9.17) is 14.2 Å². The van der Waals surface area contributed by atoms with Gasteiger partial charge in [-0.2, -0.15) is 0 Å². The third-order valence-corrected chi connectivity index (χ3v) is 5.05. The van der Waals surface area contributed by atoms with Crippen LogP contribution in [-0.2, 0) is 23.9 Å². The fraction of sp³-hybridized carbons (Fsp3) is 0.409. The fourth-order valence-electron chi connectivity index (χ4n) is 3.78. The van der Waals surface area contributed by atoms with Crippen LogP contribution >= 0.6 is 0 Å². The predicted octanol–water partition coefficient (Wildman–Crippen LogP) is 1.90. The topological polar surface area (TPSA) is 119 Å². The van der Waals surface area contributed by atoms with Crippen LogP contribution in [0.15, 0.2) is 43.5 Å². The number of benzene rings is 1. The minimum atomic E-state index is -1.78. The number of methoxy groups -OCH3 is 1. The predicted molar refractivity (Wildman–Crippen MR) is 107 cm³/mol. The van der Waals surface area contributed by atoms with Crippen molar-refractivity contribution in [2.45, 2.75) is 24.9 Å². The van der Waals surface area contributed by atoms with Crippen molar-refractivity contribution >= 4 is 17.7 Å². The van der Waals surface area contributed by atoms with Gasteiger partial charge in [0.05, 0.1) is 18.6 Å². The number of carbonyl (C=O) groups is 3. The van der Waals surface area contributed by atoms with E-state index in [0.717, 1.165) is 0 Å². The van der Waals surface area contributed by atoms with E-state index in [1.54, 1.807) is 0 Å². The Balaban J connectivity index is 2.64. The number of ether oxygens (including phenoxy) is 3. The van der Waals surface area contributed by atoms with Gasteiger partial charge in [0, 0.05) is 12.3 Å².